The molecule has 7 heteroatoms. The number of oxazole rings is 1. The van der Waals surface area contributed by atoms with Crippen molar-refractivity contribution in [3.63, 3.8) is 0 Å². The van der Waals surface area contributed by atoms with Crippen LogP contribution in [0.15, 0.2) is 16.5 Å². The van der Waals surface area contributed by atoms with Gasteiger partial charge < -0.3 is 4.42 Å². The topological polar surface area (TPSA) is 80.4 Å². The van der Waals surface area contributed by atoms with E-state index in [4.69, 9.17) is 20.6 Å². The van der Waals surface area contributed by atoms with E-state index in [0.29, 0.717) is 28.4 Å². The monoisotopic (exact) mass is 289 g/mol. The fraction of sp³-hybridized carbons (Fsp3) is 0.364. The van der Waals surface area contributed by atoms with Crippen molar-refractivity contribution in [2.75, 3.05) is 5.75 Å². The molecule has 0 saturated carbocycles. The number of benzene rings is 1. The number of aromatic nitrogens is 1. The summed E-state index contributed by atoms with van der Waals surface area (Å²) in [5.41, 5.74) is 2.02. The lowest BCUT2D eigenvalue weighted by molar-refractivity contribution is 0.481. The minimum atomic E-state index is -3.94. The second kappa shape index (κ2) is 4.87. The van der Waals surface area contributed by atoms with Crippen LogP contribution in [0.2, 0.25) is 5.02 Å². The Kier molecular flexibility index (Phi) is 3.61. The summed E-state index contributed by atoms with van der Waals surface area (Å²) in [6.45, 7) is 1.73. The quantitative estimate of drug-likeness (QED) is 0.875. The third-order valence-corrected chi connectivity index (χ3v) is 3.70. The van der Waals surface area contributed by atoms with Crippen LogP contribution in [0, 0.1) is 6.92 Å². The summed E-state index contributed by atoms with van der Waals surface area (Å²) in [7, 11) is -3.94. The largest absolute Gasteiger partial charge is 0.441 e. The van der Waals surface area contributed by atoms with Crippen LogP contribution in [0.4, 0.5) is 0 Å². The molecule has 0 unspecified atom stereocenters. The molecular formula is C11H12ClNO4S. The maximum atomic E-state index is 10.7. The van der Waals surface area contributed by atoms with Gasteiger partial charge in [0, 0.05) is 17.5 Å². The van der Waals surface area contributed by atoms with Crippen molar-refractivity contribution in [1.82, 2.24) is 4.98 Å². The molecule has 0 spiro atoms. The Bertz CT molecular complexity index is 678. The molecule has 18 heavy (non-hydrogen) atoms. The van der Waals surface area contributed by atoms with Gasteiger partial charge in [-0.05, 0) is 25.0 Å². The number of rotatable bonds is 4. The van der Waals surface area contributed by atoms with Gasteiger partial charge in [-0.1, -0.05) is 11.6 Å². The highest BCUT2D eigenvalue weighted by Crippen LogP contribution is 2.27. The zero-order chi connectivity index (χ0) is 13.3. The fourth-order valence-corrected chi connectivity index (χ4v) is 2.56. The van der Waals surface area contributed by atoms with E-state index in [-0.39, 0.29) is 12.2 Å². The Hall–Kier alpha value is -1.11. The molecule has 0 aliphatic rings. The van der Waals surface area contributed by atoms with Crippen molar-refractivity contribution in [2.24, 2.45) is 0 Å². The molecule has 2 rings (SSSR count). The van der Waals surface area contributed by atoms with Gasteiger partial charge >= 0.3 is 0 Å². The lowest BCUT2D eigenvalue weighted by Crippen LogP contribution is -2.05. The van der Waals surface area contributed by atoms with Gasteiger partial charge in [0.2, 0.25) is 0 Å². The Morgan fingerprint density at radius 2 is 2.17 bits per heavy atom. The molecule has 1 aromatic heterocycles. The van der Waals surface area contributed by atoms with Crippen LogP contribution in [0.3, 0.4) is 0 Å². The van der Waals surface area contributed by atoms with Gasteiger partial charge in [0.25, 0.3) is 10.1 Å². The van der Waals surface area contributed by atoms with E-state index in [1.54, 1.807) is 19.1 Å². The Morgan fingerprint density at radius 3 is 2.83 bits per heavy atom. The first-order valence-electron chi connectivity index (χ1n) is 5.36. The molecule has 1 N–H and O–H groups in total. The molecule has 0 aliphatic carbocycles. The fourth-order valence-electron chi connectivity index (χ4n) is 1.80. The van der Waals surface area contributed by atoms with E-state index in [9.17, 15) is 8.42 Å². The van der Waals surface area contributed by atoms with Crippen LogP contribution < -0.4 is 0 Å². The summed E-state index contributed by atoms with van der Waals surface area (Å²) in [6.07, 6.45) is 0.700. The Balaban J connectivity index is 2.29. The van der Waals surface area contributed by atoms with Crippen molar-refractivity contribution >= 4 is 32.8 Å². The van der Waals surface area contributed by atoms with Crippen LogP contribution in [0.5, 0.6) is 0 Å². The molecule has 0 fully saturated rings. The van der Waals surface area contributed by atoms with E-state index < -0.39 is 10.1 Å². The molecule has 1 heterocycles. The highest BCUT2D eigenvalue weighted by atomic mass is 35.5. The van der Waals surface area contributed by atoms with E-state index in [2.05, 4.69) is 4.98 Å². The summed E-state index contributed by atoms with van der Waals surface area (Å²) in [5, 5.41) is 0.520. The Labute approximate surface area is 110 Å². The van der Waals surface area contributed by atoms with Crippen molar-refractivity contribution in [2.45, 2.75) is 19.8 Å². The number of fused-ring (bicyclic) bond motifs is 1. The van der Waals surface area contributed by atoms with Crippen LogP contribution in [-0.2, 0) is 16.5 Å². The van der Waals surface area contributed by atoms with E-state index in [1.807, 2.05) is 0 Å². The highest BCUT2D eigenvalue weighted by molar-refractivity contribution is 7.85. The molecular weight excluding hydrogens is 278 g/mol. The van der Waals surface area contributed by atoms with Crippen LogP contribution >= 0.6 is 11.6 Å². The summed E-state index contributed by atoms with van der Waals surface area (Å²) in [5.74, 6) is 0.236. The molecule has 0 aliphatic heterocycles. The summed E-state index contributed by atoms with van der Waals surface area (Å²) in [4.78, 5) is 4.23. The predicted octanol–water partition coefficient (Wildman–Crippen LogP) is 2.61. The second-order valence-corrected chi connectivity index (χ2v) is 5.97. The van der Waals surface area contributed by atoms with Crippen LogP contribution in [0.25, 0.3) is 11.1 Å². The first-order chi connectivity index (χ1) is 8.37. The summed E-state index contributed by atoms with van der Waals surface area (Å²) in [6, 6.07) is 3.42. The molecule has 0 radical (unpaired) electrons. The van der Waals surface area contributed by atoms with Gasteiger partial charge in [-0.2, -0.15) is 8.42 Å². The molecule has 2 aromatic rings. The highest BCUT2D eigenvalue weighted by Gasteiger charge is 2.13. The van der Waals surface area contributed by atoms with Gasteiger partial charge in [-0.25, -0.2) is 4.98 Å². The van der Waals surface area contributed by atoms with E-state index >= 15 is 0 Å². The van der Waals surface area contributed by atoms with Crippen LogP contribution in [-0.4, -0.2) is 23.7 Å². The van der Waals surface area contributed by atoms with Gasteiger partial charge in [0.15, 0.2) is 11.5 Å². The van der Waals surface area contributed by atoms with Crippen LogP contribution in [0.1, 0.15) is 17.9 Å². The maximum Gasteiger partial charge on any atom is 0.264 e. The molecule has 0 atom stereocenters. The number of hydrogen-bond acceptors (Lipinski definition) is 4. The molecule has 0 amide bonds. The smallest absolute Gasteiger partial charge is 0.264 e. The van der Waals surface area contributed by atoms with Gasteiger partial charge in [0.05, 0.1) is 5.75 Å². The average Bonchev–Trinajstić information content (AvgIpc) is 2.61. The number of aryl methyl sites for hydroxylation is 2. The molecule has 0 bridgehead atoms. The number of halogens is 1. The minimum Gasteiger partial charge on any atom is -0.441 e. The molecule has 1 aromatic carbocycles. The lowest BCUT2D eigenvalue weighted by atomic mass is 10.1. The average molecular weight is 290 g/mol. The van der Waals surface area contributed by atoms with Crippen molar-refractivity contribution in [3.8, 4) is 0 Å². The molecule has 98 valence electrons. The third-order valence-electron chi connectivity index (χ3n) is 2.54. The van der Waals surface area contributed by atoms with E-state index in [1.165, 1.54) is 0 Å². The first kappa shape index (κ1) is 13.3. The standard InChI is InChI=1S/C11H12ClNO4S/c1-7-13-11-8(3-2-6-18(14,15)16)9(12)4-5-10(11)17-7/h4-5H,2-3,6H2,1H3,(H,14,15,16). The van der Waals surface area contributed by atoms with Crippen molar-refractivity contribution < 1.29 is 17.4 Å². The van der Waals surface area contributed by atoms with Crippen molar-refractivity contribution in [3.05, 3.63) is 28.6 Å². The van der Waals surface area contributed by atoms with E-state index in [0.717, 1.165) is 5.56 Å². The van der Waals surface area contributed by atoms with Gasteiger partial charge in [-0.15, -0.1) is 0 Å². The predicted molar refractivity (Wildman–Crippen MR) is 68.5 cm³/mol. The SMILES string of the molecule is Cc1nc2c(CCCS(=O)(=O)O)c(Cl)ccc2o1. The maximum absolute atomic E-state index is 10.7. The summed E-state index contributed by atoms with van der Waals surface area (Å²) < 4.78 is 35.4. The normalized spacial score (nSPS) is 12.2. The molecule has 0 saturated heterocycles. The van der Waals surface area contributed by atoms with Gasteiger partial charge in [0.1, 0.15) is 5.52 Å². The molecule has 5 nitrogen and oxygen atoms in total. The van der Waals surface area contributed by atoms with Crippen molar-refractivity contribution in [1.29, 1.82) is 0 Å². The minimum absolute atomic E-state index is 0.281. The van der Waals surface area contributed by atoms with Gasteiger partial charge in [-0.3, -0.25) is 4.55 Å². The zero-order valence-corrected chi connectivity index (χ0v) is 11.3. The number of hydrogen-bond donors (Lipinski definition) is 1. The third kappa shape index (κ3) is 3.01. The lowest BCUT2D eigenvalue weighted by Gasteiger charge is -2.03. The Morgan fingerprint density at radius 1 is 1.44 bits per heavy atom. The summed E-state index contributed by atoms with van der Waals surface area (Å²) >= 11 is 6.07. The second-order valence-electron chi connectivity index (χ2n) is 4.00. The first-order valence-corrected chi connectivity index (χ1v) is 7.35. The number of nitrogens with zero attached hydrogens (tertiary/aromatic N) is 1. The zero-order valence-electron chi connectivity index (χ0n) is 9.68.